The lowest BCUT2D eigenvalue weighted by atomic mass is 9.98. The number of allylic oxidation sites excluding steroid dienone is 1. The highest BCUT2D eigenvalue weighted by Gasteiger charge is 2.35. The SMILES string of the molecule is COc1ccc(CCN2COc3cc(C)c4c(c3C2)O/C(=C/c2ccc(Br)cc2)C4=O)cc1OC. The van der Waals surface area contributed by atoms with Crippen molar-refractivity contribution in [3.8, 4) is 23.0 Å². The summed E-state index contributed by atoms with van der Waals surface area (Å²) in [5.74, 6) is 3.07. The van der Waals surface area contributed by atoms with Gasteiger partial charge in [0.15, 0.2) is 17.3 Å². The standard InChI is InChI=1S/C28H26BrNO5/c1-17-12-23-21(28-26(17)27(31)25(35-28)14-18-4-7-20(29)8-5-18)15-30(16-34-23)11-10-19-6-9-22(32-2)24(13-19)33-3/h4-9,12-14H,10-11,15-16H2,1-3H3/b25-14+. The van der Waals surface area contributed by atoms with Crippen LogP contribution in [0.2, 0.25) is 0 Å². The number of nitrogens with zero attached hydrogens (tertiary/aromatic N) is 1. The molecule has 0 amide bonds. The molecule has 3 aromatic carbocycles. The monoisotopic (exact) mass is 535 g/mol. The minimum Gasteiger partial charge on any atom is -0.493 e. The van der Waals surface area contributed by atoms with Gasteiger partial charge in [-0.25, -0.2) is 0 Å². The van der Waals surface area contributed by atoms with Gasteiger partial charge in [-0.15, -0.1) is 0 Å². The van der Waals surface area contributed by atoms with Crippen LogP contribution in [0.15, 0.2) is 58.8 Å². The first-order valence-corrected chi connectivity index (χ1v) is 12.2. The third-order valence-electron chi connectivity index (χ3n) is 6.32. The van der Waals surface area contributed by atoms with Crippen LogP contribution >= 0.6 is 15.9 Å². The average Bonchev–Trinajstić information content (AvgIpc) is 3.20. The molecule has 0 atom stereocenters. The van der Waals surface area contributed by atoms with Crippen molar-refractivity contribution in [1.82, 2.24) is 4.90 Å². The van der Waals surface area contributed by atoms with Gasteiger partial charge in [0, 0.05) is 17.6 Å². The fourth-order valence-corrected chi connectivity index (χ4v) is 4.72. The number of hydrogen-bond acceptors (Lipinski definition) is 6. The molecule has 0 radical (unpaired) electrons. The summed E-state index contributed by atoms with van der Waals surface area (Å²) in [7, 11) is 3.27. The zero-order valence-electron chi connectivity index (χ0n) is 19.9. The Labute approximate surface area is 213 Å². The Bertz CT molecular complexity index is 1320. The summed E-state index contributed by atoms with van der Waals surface area (Å²) in [5.41, 5.74) is 4.45. The van der Waals surface area contributed by atoms with E-state index in [1.54, 1.807) is 20.3 Å². The molecule has 2 heterocycles. The Hall–Kier alpha value is -3.29. The molecule has 0 unspecified atom stereocenters. The predicted molar refractivity (Wildman–Crippen MR) is 137 cm³/mol. The predicted octanol–water partition coefficient (Wildman–Crippen LogP) is 5.79. The Morgan fingerprint density at radius 2 is 1.83 bits per heavy atom. The number of carbonyl (C=O) groups excluding carboxylic acids is 1. The molecule has 7 heteroatoms. The van der Waals surface area contributed by atoms with Crippen LogP contribution < -0.4 is 18.9 Å². The summed E-state index contributed by atoms with van der Waals surface area (Å²) in [6, 6.07) is 15.7. The van der Waals surface area contributed by atoms with Crippen LogP contribution in [0.1, 0.15) is 32.6 Å². The van der Waals surface area contributed by atoms with Crippen molar-refractivity contribution in [2.75, 3.05) is 27.5 Å². The van der Waals surface area contributed by atoms with E-state index < -0.39 is 0 Å². The second kappa shape index (κ2) is 9.76. The first-order chi connectivity index (χ1) is 17.0. The van der Waals surface area contributed by atoms with Crippen LogP contribution in [-0.2, 0) is 13.0 Å². The zero-order valence-corrected chi connectivity index (χ0v) is 21.5. The maximum absolute atomic E-state index is 13.2. The zero-order chi connectivity index (χ0) is 24.5. The fraction of sp³-hybridized carbons (Fsp3) is 0.250. The Kier molecular flexibility index (Phi) is 6.54. The molecule has 0 bridgehead atoms. The van der Waals surface area contributed by atoms with E-state index in [4.69, 9.17) is 18.9 Å². The number of carbonyl (C=O) groups is 1. The number of hydrogen-bond donors (Lipinski definition) is 0. The minimum absolute atomic E-state index is 0.0920. The highest BCUT2D eigenvalue weighted by molar-refractivity contribution is 9.10. The number of aryl methyl sites for hydroxylation is 1. The van der Waals surface area contributed by atoms with Crippen molar-refractivity contribution in [3.63, 3.8) is 0 Å². The number of ketones is 1. The van der Waals surface area contributed by atoms with Crippen LogP contribution in [0, 0.1) is 6.92 Å². The molecule has 0 spiro atoms. The highest BCUT2D eigenvalue weighted by atomic mass is 79.9. The molecule has 3 aromatic rings. The van der Waals surface area contributed by atoms with E-state index >= 15 is 0 Å². The summed E-state index contributed by atoms with van der Waals surface area (Å²) in [4.78, 5) is 15.4. The van der Waals surface area contributed by atoms with Crippen LogP contribution in [0.3, 0.4) is 0 Å². The lowest BCUT2D eigenvalue weighted by molar-refractivity contribution is 0.0949. The highest BCUT2D eigenvalue weighted by Crippen LogP contribution is 2.44. The van der Waals surface area contributed by atoms with Crippen LogP contribution in [0.5, 0.6) is 23.0 Å². The number of halogens is 1. The van der Waals surface area contributed by atoms with Crippen molar-refractivity contribution in [2.24, 2.45) is 0 Å². The topological polar surface area (TPSA) is 57.2 Å². The molecule has 6 nitrogen and oxygen atoms in total. The minimum atomic E-state index is -0.0920. The molecular formula is C28H26BrNO5. The van der Waals surface area contributed by atoms with Crippen molar-refractivity contribution >= 4 is 27.8 Å². The van der Waals surface area contributed by atoms with E-state index in [1.807, 2.05) is 55.5 Å². The van der Waals surface area contributed by atoms with Gasteiger partial charge in [-0.2, -0.15) is 0 Å². The van der Waals surface area contributed by atoms with Gasteiger partial charge in [-0.05, 0) is 66.4 Å². The molecule has 0 saturated carbocycles. The molecule has 2 aliphatic rings. The summed E-state index contributed by atoms with van der Waals surface area (Å²) in [6.07, 6.45) is 2.61. The molecule has 5 rings (SSSR count). The van der Waals surface area contributed by atoms with Gasteiger partial charge >= 0.3 is 0 Å². The molecule has 180 valence electrons. The Morgan fingerprint density at radius 1 is 1.06 bits per heavy atom. The van der Waals surface area contributed by atoms with E-state index in [1.165, 1.54) is 0 Å². The molecule has 0 saturated heterocycles. The maximum Gasteiger partial charge on any atom is 0.232 e. The smallest absolute Gasteiger partial charge is 0.232 e. The Morgan fingerprint density at radius 3 is 2.57 bits per heavy atom. The molecule has 0 fully saturated rings. The molecule has 2 aliphatic heterocycles. The van der Waals surface area contributed by atoms with Gasteiger partial charge in [-0.1, -0.05) is 34.1 Å². The number of rotatable bonds is 6. The van der Waals surface area contributed by atoms with E-state index in [2.05, 4.69) is 20.8 Å². The second-order valence-corrected chi connectivity index (χ2v) is 9.55. The van der Waals surface area contributed by atoms with Crippen LogP contribution in [0.4, 0.5) is 0 Å². The molecular weight excluding hydrogens is 510 g/mol. The van der Waals surface area contributed by atoms with E-state index in [0.717, 1.165) is 51.2 Å². The number of methoxy groups -OCH3 is 2. The molecule has 0 aliphatic carbocycles. The maximum atomic E-state index is 13.2. The van der Waals surface area contributed by atoms with Gasteiger partial charge in [0.25, 0.3) is 0 Å². The molecule has 35 heavy (non-hydrogen) atoms. The summed E-state index contributed by atoms with van der Waals surface area (Å²) < 4.78 is 24.0. The van der Waals surface area contributed by atoms with Crippen LogP contribution in [-0.4, -0.2) is 38.2 Å². The quantitative estimate of drug-likeness (QED) is 0.372. The van der Waals surface area contributed by atoms with Gasteiger partial charge in [0.2, 0.25) is 5.78 Å². The second-order valence-electron chi connectivity index (χ2n) is 8.63. The van der Waals surface area contributed by atoms with Gasteiger partial charge < -0.3 is 18.9 Å². The largest absolute Gasteiger partial charge is 0.493 e. The lowest BCUT2D eigenvalue weighted by Crippen LogP contribution is -2.34. The number of Topliss-reactive ketones (excluding diaryl/α,β-unsaturated/α-hetero) is 1. The van der Waals surface area contributed by atoms with Crippen molar-refractivity contribution < 1.29 is 23.7 Å². The van der Waals surface area contributed by atoms with E-state index in [9.17, 15) is 4.79 Å². The van der Waals surface area contributed by atoms with E-state index in [0.29, 0.717) is 36.1 Å². The average molecular weight is 536 g/mol. The normalized spacial score (nSPS) is 15.9. The van der Waals surface area contributed by atoms with Crippen molar-refractivity contribution in [3.05, 3.63) is 86.6 Å². The Balaban J connectivity index is 1.36. The van der Waals surface area contributed by atoms with Crippen LogP contribution in [0.25, 0.3) is 6.08 Å². The fourth-order valence-electron chi connectivity index (χ4n) is 4.45. The van der Waals surface area contributed by atoms with Gasteiger partial charge in [-0.3, -0.25) is 9.69 Å². The molecule has 0 N–H and O–H groups in total. The summed E-state index contributed by atoms with van der Waals surface area (Å²) >= 11 is 3.44. The first kappa shape index (κ1) is 23.5. The summed E-state index contributed by atoms with van der Waals surface area (Å²) in [5, 5.41) is 0. The van der Waals surface area contributed by atoms with Crippen molar-refractivity contribution in [1.29, 1.82) is 0 Å². The van der Waals surface area contributed by atoms with Crippen molar-refractivity contribution in [2.45, 2.75) is 19.9 Å². The third kappa shape index (κ3) is 4.66. The molecule has 0 aromatic heterocycles. The van der Waals surface area contributed by atoms with E-state index in [-0.39, 0.29) is 5.78 Å². The summed E-state index contributed by atoms with van der Waals surface area (Å²) in [6.45, 7) is 3.83. The number of ether oxygens (including phenoxy) is 4. The van der Waals surface area contributed by atoms with Gasteiger partial charge in [0.05, 0.1) is 25.3 Å². The number of benzene rings is 3. The number of fused-ring (bicyclic) bond motifs is 3. The van der Waals surface area contributed by atoms with Gasteiger partial charge in [0.1, 0.15) is 18.2 Å². The lowest BCUT2D eigenvalue weighted by Gasteiger charge is -2.30. The first-order valence-electron chi connectivity index (χ1n) is 11.4. The third-order valence-corrected chi connectivity index (χ3v) is 6.85.